The molecule has 8 heteroatoms. The number of hydrogen-bond acceptors (Lipinski definition) is 8. The predicted octanol–water partition coefficient (Wildman–Crippen LogP) is 3.29. The van der Waals surface area contributed by atoms with Crippen LogP contribution in [0.5, 0.6) is 17.4 Å². The van der Waals surface area contributed by atoms with E-state index in [1.54, 1.807) is 18.3 Å². The van der Waals surface area contributed by atoms with Gasteiger partial charge < -0.3 is 24.8 Å². The SMILES string of the molecule is Cc1cc(Oc2cc(C#N)ccc2-c2ccnc(OCCN)c2)cc(N2CCOCC2)n1. The molecular formula is C24H25N5O3. The second kappa shape index (κ2) is 10.1. The van der Waals surface area contributed by atoms with Crippen LogP contribution < -0.4 is 20.1 Å². The molecule has 1 aliphatic rings. The number of aromatic nitrogens is 2. The smallest absolute Gasteiger partial charge is 0.213 e. The highest BCUT2D eigenvalue weighted by atomic mass is 16.5. The highest BCUT2D eigenvalue weighted by Crippen LogP contribution is 2.36. The summed E-state index contributed by atoms with van der Waals surface area (Å²) in [6.45, 7) is 5.65. The first-order valence-corrected chi connectivity index (χ1v) is 10.5. The van der Waals surface area contributed by atoms with E-state index in [-0.39, 0.29) is 0 Å². The lowest BCUT2D eigenvalue weighted by Crippen LogP contribution is -2.36. The minimum Gasteiger partial charge on any atom is -0.476 e. The maximum atomic E-state index is 9.41. The third kappa shape index (κ3) is 5.14. The van der Waals surface area contributed by atoms with Crippen LogP contribution in [0.25, 0.3) is 11.1 Å². The molecule has 2 aromatic heterocycles. The van der Waals surface area contributed by atoms with E-state index < -0.39 is 0 Å². The fourth-order valence-corrected chi connectivity index (χ4v) is 3.49. The fourth-order valence-electron chi connectivity index (χ4n) is 3.49. The standard InChI is InChI=1S/C24H25N5O3/c1-17-12-20(15-23(28-17)29-7-10-30-11-8-29)32-22-13-18(16-26)2-3-21(22)19-4-6-27-24(14-19)31-9-5-25/h2-4,6,12-15H,5,7-11,25H2,1H3. The molecular weight excluding hydrogens is 406 g/mol. The Kier molecular flexibility index (Phi) is 6.80. The van der Waals surface area contributed by atoms with Crippen LogP contribution in [-0.2, 0) is 4.74 Å². The molecule has 0 spiro atoms. The topological polar surface area (TPSA) is 107 Å². The zero-order valence-electron chi connectivity index (χ0n) is 18.0. The number of pyridine rings is 2. The van der Waals surface area contributed by atoms with Gasteiger partial charge in [0.1, 0.15) is 23.9 Å². The van der Waals surface area contributed by atoms with Gasteiger partial charge in [-0.15, -0.1) is 0 Å². The average molecular weight is 431 g/mol. The van der Waals surface area contributed by atoms with Gasteiger partial charge in [-0.3, -0.25) is 0 Å². The molecule has 0 bridgehead atoms. The maximum absolute atomic E-state index is 9.41. The second-order valence-corrected chi connectivity index (χ2v) is 7.35. The van der Waals surface area contributed by atoms with Crippen molar-refractivity contribution in [1.82, 2.24) is 9.97 Å². The van der Waals surface area contributed by atoms with Crippen LogP contribution in [0.3, 0.4) is 0 Å². The zero-order valence-corrected chi connectivity index (χ0v) is 18.0. The third-order valence-electron chi connectivity index (χ3n) is 5.00. The summed E-state index contributed by atoms with van der Waals surface area (Å²) in [5.74, 6) is 2.56. The van der Waals surface area contributed by atoms with E-state index in [4.69, 9.17) is 19.9 Å². The van der Waals surface area contributed by atoms with Crippen molar-refractivity contribution in [2.24, 2.45) is 5.73 Å². The van der Waals surface area contributed by atoms with E-state index in [2.05, 4.69) is 20.9 Å². The van der Waals surface area contributed by atoms with Crippen molar-refractivity contribution < 1.29 is 14.2 Å². The van der Waals surface area contributed by atoms with Gasteiger partial charge in [0.05, 0.1) is 24.8 Å². The fraction of sp³-hybridized carbons (Fsp3) is 0.292. The molecule has 1 aromatic carbocycles. The van der Waals surface area contributed by atoms with E-state index in [0.29, 0.717) is 49.3 Å². The van der Waals surface area contributed by atoms with Gasteiger partial charge in [-0.25, -0.2) is 9.97 Å². The summed E-state index contributed by atoms with van der Waals surface area (Å²) in [6.07, 6.45) is 1.68. The van der Waals surface area contributed by atoms with Gasteiger partial charge in [0.15, 0.2) is 0 Å². The molecule has 164 valence electrons. The molecule has 3 heterocycles. The van der Waals surface area contributed by atoms with Gasteiger partial charge in [0.2, 0.25) is 5.88 Å². The second-order valence-electron chi connectivity index (χ2n) is 7.35. The van der Waals surface area contributed by atoms with Crippen molar-refractivity contribution in [1.29, 1.82) is 5.26 Å². The van der Waals surface area contributed by atoms with Crippen LogP contribution in [0.1, 0.15) is 11.3 Å². The highest BCUT2D eigenvalue weighted by molar-refractivity contribution is 5.72. The Bertz CT molecular complexity index is 1120. The minimum atomic E-state index is 0.383. The number of morpholine rings is 1. The van der Waals surface area contributed by atoms with Crippen molar-refractivity contribution in [3.63, 3.8) is 0 Å². The Morgan fingerprint density at radius 1 is 1.16 bits per heavy atom. The summed E-state index contributed by atoms with van der Waals surface area (Å²) in [5, 5.41) is 9.41. The van der Waals surface area contributed by atoms with Crippen molar-refractivity contribution in [3.05, 3.63) is 59.9 Å². The van der Waals surface area contributed by atoms with E-state index in [1.165, 1.54) is 0 Å². The Morgan fingerprint density at radius 3 is 2.78 bits per heavy atom. The van der Waals surface area contributed by atoms with E-state index in [0.717, 1.165) is 35.7 Å². The summed E-state index contributed by atoms with van der Waals surface area (Å²) in [4.78, 5) is 11.1. The maximum Gasteiger partial charge on any atom is 0.213 e. The third-order valence-corrected chi connectivity index (χ3v) is 5.00. The Balaban J connectivity index is 1.68. The van der Waals surface area contributed by atoms with Crippen molar-refractivity contribution in [2.45, 2.75) is 6.92 Å². The van der Waals surface area contributed by atoms with Gasteiger partial charge in [0, 0.05) is 55.3 Å². The number of nitriles is 1. The molecule has 0 atom stereocenters. The summed E-state index contributed by atoms with van der Waals surface area (Å²) >= 11 is 0. The number of benzene rings is 1. The van der Waals surface area contributed by atoms with Gasteiger partial charge in [-0.05, 0) is 36.8 Å². The molecule has 0 radical (unpaired) electrons. The molecule has 1 fully saturated rings. The molecule has 3 aromatic rings. The lowest BCUT2D eigenvalue weighted by Gasteiger charge is -2.28. The number of nitrogens with zero attached hydrogens (tertiary/aromatic N) is 4. The number of rotatable bonds is 7. The van der Waals surface area contributed by atoms with Gasteiger partial charge in [-0.2, -0.15) is 5.26 Å². The lowest BCUT2D eigenvalue weighted by atomic mass is 10.0. The number of ether oxygens (including phenoxy) is 3. The van der Waals surface area contributed by atoms with Crippen LogP contribution in [0.15, 0.2) is 48.7 Å². The summed E-state index contributed by atoms with van der Waals surface area (Å²) < 4.78 is 17.3. The summed E-state index contributed by atoms with van der Waals surface area (Å²) in [5.41, 5.74) is 8.58. The van der Waals surface area contributed by atoms with E-state index in [9.17, 15) is 5.26 Å². The van der Waals surface area contributed by atoms with Crippen molar-refractivity contribution in [2.75, 3.05) is 44.4 Å². The molecule has 0 unspecified atom stereocenters. The molecule has 1 aliphatic heterocycles. The molecule has 4 rings (SSSR count). The largest absolute Gasteiger partial charge is 0.476 e. The first-order chi connectivity index (χ1) is 15.7. The first kappa shape index (κ1) is 21.6. The van der Waals surface area contributed by atoms with Crippen LogP contribution in [0.4, 0.5) is 5.82 Å². The molecule has 8 nitrogen and oxygen atoms in total. The minimum absolute atomic E-state index is 0.383. The number of nitrogens with two attached hydrogens (primary N) is 1. The monoisotopic (exact) mass is 431 g/mol. The molecule has 0 aliphatic carbocycles. The van der Waals surface area contributed by atoms with E-state index in [1.807, 2.05) is 37.3 Å². The highest BCUT2D eigenvalue weighted by Gasteiger charge is 2.16. The summed E-state index contributed by atoms with van der Waals surface area (Å²) in [7, 11) is 0. The van der Waals surface area contributed by atoms with Gasteiger partial charge in [0.25, 0.3) is 0 Å². The first-order valence-electron chi connectivity index (χ1n) is 10.5. The zero-order chi connectivity index (χ0) is 22.3. The molecule has 1 saturated heterocycles. The predicted molar refractivity (Wildman–Crippen MR) is 121 cm³/mol. The van der Waals surface area contributed by atoms with Crippen LogP contribution in [0.2, 0.25) is 0 Å². The Hall–Kier alpha value is -3.67. The molecule has 32 heavy (non-hydrogen) atoms. The van der Waals surface area contributed by atoms with E-state index >= 15 is 0 Å². The lowest BCUT2D eigenvalue weighted by molar-refractivity contribution is 0.122. The molecule has 2 N–H and O–H groups in total. The number of hydrogen-bond donors (Lipinski definition) is 1. The number of aryl methyl sites for hydroxylation is 1. The Labute approximate surface area is 187 Å². The molecule has 0 amide bonds. The quantitative estimate of drug-likeness (QED) is 0.607. The van der Waals surface area contributed by atoms with Gasteiger partial charge >= 0.3 is 0 Å². The van der Waals surface area contributed by atoms with Crippen LogP contribution in [-0.4, -0.2) is 49.4 Å². The van der Waals surface area contributed by atoms with Gasteiger partial charge in [-0.1, -0.05) is 0 Å². The van der Waals surface area contributed by atoms with Crippen molar-refractivity contribution >= 4 is 5.82 Å². The normalized spacial score (nSPS) is 13.5. The average Bonchev–Trinajstić information content (AvgIpc) is 2.83. The van der Waals surface area contributed by atoms with Crippen molar-refractivity contribution in [3.8, 4) is 34.6 Å². The van der Waals surface area contributed by atoms with Crippen LogP contribution in [0, 0.1) is 18.3 Å². The Morgan fingerprint density at radius 2 is 2.00 bits per heavy atom. The summed E-state index contributed by atoms with van der Waals surface area (Å²) in [6, 6.07) is 15.1. The molecule has 0 saturated carbocycles. The van der Waals surface area contributed by atoms with Crippen LogP contribution >= 0.6 is 0 Å². The number of anilines is 1.